The van der Waals surface area contributed by atoms with Gasteiger partial charge in [0.1, 0.15) is 17.1 Å². The van der Waals surface area contributed by atoms with Crippen LogP contribution in [0, 0.1) is 0 Å². The van der Waals surface area contributed by atoms with Gasteiger partial charge in [0.15, 0.2) is 0 Å². The summed E-state index contributed by atoms with van der Waals surface area (Å²) in [7, 11) is 1.33. The number of rotatable bonds is 7. The summed E-state index contributed by atoms with van der Waals surface area (Å²) in [6.07, 6.45) is 0.481. The Morgan fingerprint density at radius 1 is 1.16 bits per heavy atom. The molecule has 0 aliphatic rings. The van der Waals surface area contributed by atoms with Crippen LogP contribution in [-0.4, -0.2) is 39.6 Å². The van der Waals surface area contributed by atoms with Crippen molar-refractivity contribution in [2.75, 3.05) is 7.11 Å². The van der Waals surface area contributed by atoms with Crippen molar-refractivity contribution in [1.29, 1.82) is 0 Å². The number of benzene rings is 1. The van der Waals surface area contributed by atoms with E-state index in [4.69, 9.17) is 9.47 Å². The van der Waals surface area contributed by atoms with Crippen molar-refractivity contribution in [3.63, 3.8) is 0 Å². The number of hydrogen-bond acceptors (Lipinski definition) is 6. The smallest absolute Gasteiger partial charge is 0.355 e. The molecule has 166 valence electrons. The van der Waals surface area contributed by atoms with E-state index in [1.54, 1.807) is 20.8 Å². The van der Waals surface area contributed by atoms with Crippen LogP contribution in [0.25, 0.3) is 11.0 Å². The Hall–Kier alpha value is -3.13. The van der Waals surface area contributed by atoms with Gasteiger partial charge >= 0.3 is 11.9 Å². The molecule has 0 radical (unpaired) electrons. The van der Waals surface area contributed by atoms with Gasteiger partial charge in [-0.25, -0.2) is 14.6 Å². The monoisotopic (exact) mass is 426 g/mol. The minimum absolute atomic E-state index is 0.115. The van der Waals surface area contributed by atoms with Crippen LogP contribution < -0.4 is 5.32 Å². The summed E-state index contributed by atoms with van der Waals surface area (Å²) in [5.41, 5.74) is 3.03. The summed E-state index contributed by atoms with van der Waals surface area (Å²) in [4.78, 5) is 36.3. The Labute approximate surface area is 181 Å². The van der Waals surface area contributed by atoms with Gasteiger partial charge in [-0.3, -0.25) is 0 Å². The van der Waals surface area contributed by atoms with E-state index in [1.165, 1.54) is 7.11 Å². The fourth-order valence-electron chi connectivity index (χ4n) is 3.46. The number of para-hydroxylation sites is 2. The van der Waals surface area contributed by atoms with Crippen LogP contribution in [0.4, 0.5) is 0 Å². The standard InChI is InChI=1S/C23H30N4O4/c1-7-14-18(21(28)30-6)17(25-19(14)22(29)31-23(3,4)5)12-24-13(2)20-26-15-10-8-9-11-16(15)27-20/h8-11,13,24-25H,7,12H2,1-6H3,(H,26,27). The lowest BCUT2D eigenvalue weighted by atomic mass is 10.1. The molecule has 8 heteroatoms. The number of ether oxygens (including phenoxy) is 2. The lowest BCUT2D eigenvalue weighted by Crippen LogP contribution is -2.25. The summed E-state index contributed by atoms with van der Waals surface area (Å²) in [6, 6.07) is 7.70. The Bertz CT molecular complexity index is 1060. The summed E-state index contributed by atoms with van der Waals surface area (Å²) in [6.45, 7) is 9.60. The number of methoxy groups -OCH3 is 1. The second kappa shape index (κ2) is 8.93. The fourth-order valence-corrected chi connectivity index (χ4v) is 3.46. The van der Waals surface area contributed by atoms with Crippen LogP contribution >= 0.6 is 0 Å². The summed E-state index contributed by atoms with van der Waals surface area (Å²) >= 11 is 0. The van der Waals surface area contributed by atoms with E-state index in [2.05, 4.69) is 20.3 Å². The lowest BCUT2D eigenvalue weighted by Gasteiger charge is -2.19. The van der Waals surface area contributed by atoms with Crippen LogP contribution in [0.1, 0.15) is 78.6 Å². The van der Waals surface area contributed by atoms with E-state index in [0.29, 0.717) is 29.8 Å². The molecule has 0 saturated carbocycles. The topological polar surface area (TPSA) is 109 Å². The van der Waals surface area contributed by atoms with E-state index in [1.807, 2.05) is 38.1 Å². The molecular formula is C23H30N4O4. The molecule has 3 N–H and O–H groups in total. The quantitative estimate of drug-likeness (QED) is 0.492. The first-order valence-electron chi connectivity index (χ1n) is 10.4. The molecule has 1 unspecified atom stereocenters. The predicted octanol–water partition coefficient (Wildman–Crippen LogP) is 4.05. The Balaban J connectivity index is 1.88. The van der Waals surface area contributed by atoms with E-state index in [9.17, 15) is 9.59 Å². The molecular weight excluding hydrogens is 396 g/mol. The highest BCUT2D eigenvalue weighted by molar-refractivity contribution is 5.98. The van der Waals surface area contributed by atoms with Crippen molar-refractivity contribution in [3.05, 3.63) is 52.6 Å². The maximum absolute atomic E-state index is 12.7. The van der Waals surface area contributed by atoms with Gasteiger partial charge in [0.25, 0.3) is 0 Å². The number of nitrogens with one attached hydrogen (secondary N) is 3. The highest BCUT2D eigenvalue weighted by Crippen LogP contribution is 2.25. The van der Waals surface area contributed by atoms with Crippen molar-refractivity contribution in [2.24, 2.45) is 0 Å². The van der Waals surface area contributed by atoms with Crippen molar-refractivity contribution >= 4 is 23.0 Å². The third kappa shape index (κ3) is 4.96. The number of aromatic nitrogens is 3. The molecule has 8 nitrogen and oxygen atoms in total. The van der Waals surface area contributed by atoms with Gasteiger partial charge in [0, 0.05) is 12.2 Å². The Morgan fingerprint density at radius 3 is 2.48 bits per heavy atom. The highest BCUT2D eigenvalue weighted by Gasteiger charge is 2.29. The molecule has 0 spiro atoms. The van der Waals surface area contributed by atoms with Crippen molar-refractivity contribution in [1.82, 2.24) is 20.3 Å². The molecule has 1 atom stereocenters. The van der Waals surface area contributed by atoms with Crippen LogP contribution in [-0.2, 0) is 22.4 Å². The molecule has 0 amide bonds. The number of carbonyl (C=O) groups excluding carboxylic acids is 2. The zero-order chi connectivity index (χ0) is 22.8. The number of H-pyrrole nitrogens is 2. The molecule has 31 heavy (non-hydrogen) atoms. The first-order chi connectivity index (χ1) is 14.6. The number of nitrogens with zero attached hydrogens (tertiary/aromatic N) is 1. The average molecular weight is 427 g/mol. The number of carbonyl (C=O) groups is 2. The van der Waals surface area contributed by atoms with Crippen LogP contribution in [0.3, 0.4) is 0 Å². The Kier molecular flexibility index (Phi) is 6.50. The van der Waals surface area contributed by atoms with E-state index in [-0.39, 0.29) is 11.7 Å². The fraction of sp³-hybridized carbons (Fsp3) is 0.435. The number of hydrogen-bond donors (Lipinski definition) is 3. The van der Waals surface area contributed by atoms with Gasteiger partial charge in [-0.05, 0) is 51.8 Å². The second-order valence-electron chi connectivity index (χ2n) is 8.42. The summed E-state index contributed by atoms with van der Waals surface area (Å²) in [5, 5.41) is 3.36. The zero-order valence-electron chi connectivity index (χ0n) is 18.9. The number of aromatic amines is 2. The molecule has 3 rings (SSSR count). The van der Waals surface area contributed by atoms with Crippen LogP contribution in [0.2, 0.25) is 0 Å². The van der Waals surface area contributed by atoms with Crippen LogP contribution in [0.15, 0.2) is 24.3 Å². The molecule has 2 heterocycles. The average Bonchev–Trinajstić information content (AvgIpc) is 3.31. The Morgan fingerprint density at radius 2 is 1.87 bits per heavy atom. The van der Waals surface area contributed by atoms with Crippen LogP contribution in [0.5, 0.6) is 0 Å². The molecule has 1 aromatic carbocycles. The minimum atomic E-state index is -0.646. The van der Waals surface area contributed by atoms with Gasteiger partial charge in [0.05, 0.1) is 29.7 Å². The molecule has 0 bridgehead atoms. The number of esters is 2. The highest BCUT2D eigenvalue weighted by atomic mass is 16.6. The SMILES string of the molecule is CCc1c(C(=O)OC(C)(C)C)[nH]c(CNC(C)c2nc3ccccc3[nH]2)c1C(=O)OC. The molecule has 0 aliphatic heterocycles. The van der Waals surface area contributed by atoms with Gasteiger partial charge in [0.2, 0.25) is 0 Å². The maximum atomic E-state index is 12.7. The molecule has 3 aromatic rings. The molecule has 2 aromatic heterocycles. The normalized spacial score (nSPS) is 12.7. The maximum Gasteiger partial charge on any atom is 0.355 e. The van der Waals surface area contributed by atoms with E-state index >= 15 is 0 Å². The third-order valence-electron chi connectivity index (χ3n) is 4.93. The summed E-state index contributed by atoms with van der Waals surface area (Å²) < 4.78 is 10.5. The first-order valence-corrected chi connectivity index (χ1v) is 10.4. The van der Waals surface area contributed by atoms with Gasteiger partial charge in [-0.15, -0.1) is 0 Å². The van der Waals surface area contributed by atoms with Crippen molar-refractivity contribution in [3.8, 4) is 0 Å². The molecule has 0 saturated heterocycles. The second-order valence-corrected chi connectivity index (χ2v) is 8.42. The number of imidazole rings is 1. The number of fused-ring (bicyclic) bond motifs is 1. The third-order valence-corrected chi connectivity index (χ3v) is 4.93. The summed E-state index contributed by atoms with van der Waals surface area (Å²) in [5.74, 6) is -0.197. The zero-order valence-corrected chi connectivity index (χ0v) is 18.9. The minimum Gasteiger partial charge on any atom is -0.465 e. The molecule has 0 fully saturated rings. The van der Waals surface area contributed by atoms with Crippen molar-refractivity contribution < 1.29 is 19.1 Å². The van der Waals surface area contributed by atoms with Crippen molar-refractivity contribution in [2.45, 2.75) is 59.2 Å². The lowest BCUT2D eigenvalue weighted by molar-refractivity contribution is 0.00622. The van der Waals surface area contributed by atoms with Gasteiger partial charge < -0.3 is 24.8 Å². The van der Waals surface area contributed by atoms with Gasteiger partial charge in [-0.2, -0.15) is 0 Å². The van der Waals surface area contributed by atoms with E-state index in [0.717, 1.165) is 16.9 Å². The predicted molar refractivity (Wildman–Crippen MR) is 118 cm³/mol. The van der Waals surface area contributed by atoms with E-state index < -0.39 is 17.5 Å². The largest absolute Gasteiger partial charge is 0.465 e. The first kappa shape index (κ1) is 22.6. The molecule has 0 aliphatic carbocycles. The van der Waals surface area contributed by atoms with Gasteiger partial charge in [-0.1, -0.05) is 19.1 Å².